The zero-order valence-corrected chi connectivity index (χ0v) is 27.8. The van der Waals surface area contributed by atoms with Crippen molar-refractivity contribution in [3.8, 4) is 23.0 Å². The molecule has 2 atom stereocenters. The van der Waals surface area contributed by atoms with Crippen molar-refractivity contribution < 1.29 is 23.8 Å². The van der Waals surface area contributed by atoms with Gasteiger partial charge >= 0.3 is 6.03 Å². The molecule has 2 bridgehead atoms. The van der Waals surface area contributed by atoms with Gasteiger partial charge < -0.3 is 34.6 Å². The second-order valence-electron chi connectivity index (χ2n) is 12.1. The lowest BCUT2D eigenvalue weighted by Gasteiger charge is -2.36. The predicted octanol–water partition coefficient (Wildman–Crippen LogP) is 7.86. The SMILES string of the molecule is CCOc1cc(NC(=O)NC(CC)CC)ccc1Oc1ccc(N(CC)C(=O)c2ccc(OC3CC4CCC(C3)N4C)cc2)cc1. The maximum absolute atomic E-state index is 13.5. The first-order valence-electron chi connectivity index (χ1n) is 16.7. The first-order valence-corrected chi connectivity index (χ1v) is 16.7. The number of hydrogen-bond donors (Lipinski definition) is 2. The van der Waals surface area contributed by atoms with Gasteiger partial charge in [-0.3, -0.25) is 4.79 Å². The summed E-state index contributed by atoms with van der Waals surface area (Å²) in [4.78, 5) is 30.2. The molecular formula is C37H48N4O5. The molecule has 5 rings (SSSR count). The Morgan fingerprint density at radius 1 is 0.870 bits per heavy atom. The summed E-state index contributed by atoms with van der Waals surface area (Å²) < 4.78 is 18.3. The summed E-state index contributed by atoms with van der Waals surface area (Å²) in [6.07, 6.45) is 6.60. The highest BCUT2D eigenvalue weighted by molar-refractivity contribution is 6.06. The molecule has 2 unspecified atom stereocenters. The Bertz CT molecular complexity index is 1440. The van der Waals surface area contributed by atoms with Crippen LogP contribution >= 0.6 is 0 Å². The van der Waals surface area contributed by atoms with E-state index in [0.717, 1.165) is 37.1 Å². The van der Waals surface area contributed by atoms with Gasteiger partial charge in [0, 0.05) is 47.7 Å². The molecular weight excluding hydrogens is 580 g/mol. The zero-order valence-electron chi connectivity index (χ0n) is 27.8. The lowest BCUT2D eigenvalue weighted by molar-refractivity contribution is 0.0661. The second kappa shape index (κ2) is 15.4. The highest BCUT2D eigenvalue weighted by Crippen LogP contribution is 2.37. The van der Waals surface area contributed by atoms with Gasteiger partial charge in [0.2, 0.25) is 0 Å². The number of rotatable bonds is 13. The fourth-order valence-corrected chi connectivity index (χ4v) is 6.53. The van der Waals surface area contributed by atoms with Crippen LogP contribution in [0.25, 0.3) is 0 Å². The quantitative estimate of drug-likeness (QED) is 0.200. The van der Waals surface area contributed by atoms with Crippen molar-refractivity contribution in [2.24, 2.45) is 0 Å². The van der Waals surface area contributed by atoms with Crippen LogP contribution in [0.4, 0.5) is 16.2 Å². The minimum Gasteiger partial charge on any atom is -0.490 e. The summed E-state index contributed by atoms with van der Waals surface area (Å²) >= 11 is 0. The van der Waals surface area contributed by atoms with E-state index in [1.807, 2.05) is 76.2 Å². The van der Waals surface area contributed by atoms with Crippen molar-refractivity contribution in [3.05, 3.63) is 72.3 Å². The second-order valence-corrected chi connectivity index (χ2v) is 12.1. The molecule has 0 aromatic heterocycles. The molecule has 0 radical (unpaired) electrons. The summed E-state index contributed by atoms with van der Waals surface area (Å²) in [6, 6.07) is 21.4. The fraction of sp³-hybridized carbons (Fsp3) is 0.459. The predicted molar refractivity (Wildman–Crippen MR) is 183 cm³/mol. The van der Waals surface area contributed by atoms with Gasteiger partial charge in [-0.2, -0.15) is 0 Å². The number of nitrogens with one attached hydrogen (secondary N) is 2. The number of benzene rings is 3. The van der Waals surface area contributed by atoms with Gasteiger partial charge in [-0.05, 0) is 120 Å². The molecule has 2 fully saturated rings. The largest absolute Gasteiger partial charge is 0.490 e. The van der Waals surface area contributed by atoms with E-state index < -0.39 is 0 Å². The van der Waals surface area contributed by atoms with Crippen LogP contribution in [0.3, 0.4) is 0 Å². The molecule has 2 saturated heterocycles. The standard InChI is InChI=1S/C37H48N4O5/c1-6-26(7-2)38-37(43)39-27-12-21-34(35(22-27)44-9-4)46-32-19-15-28(16-20-32)41(8-3)36(42)25-10-17-31(18-11-25)45-33-23-29-13-14-30(24-33)40(29)5/h10-12,15-22,26,29-30,33H,6-9,13-14,23-24H2,1-5H3,(H2,38,39,43). The number of ether oxygens (including phenoxy) is 3. The normalized spacial score (nSPS) is 19.0. The van der Waals surface area contributed by atoms with Gasteiger partial charge in [0.1, 0.15) is 17.6 Å². The van der Waals surface area contributed by atoms with Crippen LogP contribution < -0.4 is 29.7 Å². The summed E-state index contributed by atoms with van der Waals surface area (Å²) in [5, 5.41) is 5.85. The van der Waals surface area contributed by atoms with E-state index in [2.05, 4.69) is 22.6 Å². The molecule has 2 heterocycles. The van der Waals surface area contributed by atoms with Crippen molar-refractivity contribution in [1.82, 2.24) is 10.2 Å². The molecule has 9 nitrogen and oxygen atoms in total. The van der Waals surface area contributed by atoms with Crippen LogP contribution in [0, 0.1) is 0 Å². The number of amides is 3. The van der Waals surface area contributed by atoms with Gasteiger partial charge in [0.15, 0.2) is 11.5 Å². The van der Waals surface area contributed by atoms with Crippen LogP contribution in [0.1, 0.15) is 76.6 Å². The highest BCUT2D eigenvalue weighted by Gasteiger charge is 2.39. The van der Waals surface area contributed by atoms with Crippen molar-refractivity contribution >= 4 is 23.3 Å². The minimum atomic E-state index is -0.251. The summed E-state index contributed by atoms with van der Waals surface area (Å²) in [7, 11) is 2.23. The third-order valence-corrected chi connectivity index (χ3v) is 9.22. The first kappa shape index (κ1) is 33.1. The van der Waals surface area contributed by atoms with Crippen LogP contribution in [-0.4, -0.2) is 61.3 Å². The van der Waals surface area contributed by atoms with Crippen molar-refractivity contribution in [2.45, 2.75) is 90.4 Å². The lowest BCUT2D eigenvalue weighted by atomic mass is 10.0. The Hall–Kier alpha value is -4.24. The Morgan fingerprint density at radius 3 is 2.13 bits per heavy atom. The number of hydrogen-bond acceptors (Lipinski definition) is 6. The maximum atomic E-state index is 13.5. The molecule has 0 spiro atoms. The molecule has 46 heavy (non-hydrogen) atoms. The number of urea groups is 1. The Balaban J connectivity index is 1.20. The van der Waals surface area contributed by atoms with Gasteiger partial charge in [-0.1, -0.05) is 13.8 Å². The van der Waals surface area contributed by atoms with Crippen molar-refractivity contribution in [1.29, 1.82) is 0 Å². The average Bonchev–Trinajstić information content (AvgIpc) is 3.25. The van der Waals surface area contributed by atoms with E-state index in [1.165, 1.54) is 12.8 Å². The smallest absolute Gasteiger partial charge is 0.319 e. The molecule has 3 aromatic carbocycles. The van der Waals surface area contributed by atoms with Crippen LogP contribution in [0.15, 0.2) is 66.7 Å². The average molecular weight is 629 g/mol. The van der Waals surface area contributed by atoms with E-state index in [-0.39, 0.29) is 24.1 Å². The molecule has 2 N–H and O–H groups in total. The summed E-state index contributed by atoms with van der Waals surface area (Å²) in [5.41, 5.74) is 2.00. The topological polar surface area (TPSA) is 92.4 Å². The lowest BCUT2D eigenvalue weighted by Crippen LogP contribution is -2.43. The number of carbonyl (C=O) groups excluding carboxylic acids is 2. The number of carbonyl (C=O) groups is 2. The van der Waals surface area contributed by atoms with E-state index >= 15 is 0 Å². The molecule has 0 saturated carbocycles. The molecule has 9 heteroatoms. The number of nitrogens with zero attached hydrogens (tertiary/aromatic N) is 2. The summed E-state index contributed by atoms with van der Waals surface area (Å²) in [5.74, 6) is 2.39. The molecule has 3 amide bonds. The Labute approximate surface area is 273 Å². The minimum absolute atomic E-state index is 0.0741. The number of anilines is 2. The van der Waals surface area contributed by atoms with E-state index in [0.29, 0.717) is 53.7 Å². The number of fused-ring (bicyclic) bond motifs is 2. The van der Waals surface area contributed by atoms with Gasteiger partial charge in [0.25, 0.3) is 5.91 Å². The maximum Gasteiger partial charge on any atom is 0.319 e. The van der Waals surface area contributed by atoms with Crippen LogP contribution in [-0.2, 0) is 0 Å². The van der Waals surface area contributed by atoms with E-state index in [9.17, 15) is 9.59 Å². The molecule has 2 aliphatic rings. The van der Waals surface area contributed by atoms with Gasteiger partial charge in [-0.15, -0.1) is 0 Å². The van der Waals surface area contributed by atoms with Crippen molar-refractivity contribution in [3.63, 3.8) is 0 Å². The monoisotopic (exact) mass is 628 g/mol. The third kappa shape index (κ3) is 7.94. The van der Waals surface area contributed by atoms with Crippen LogP contribution in [0.2, 0.25) is 0 Å². The highest BCUT2D eigenvalue weighted by atomic mass is 16.5. The number of piperidine rings is 1. The fourth-order valence-electron chi connectivity index (χ4n) is 6.53. The Morgan fingerprint density at radius 2 is 1.52 bits per heavy atom. The van der Waals surface area contributed by atoms with E-state index in [1.54, 1.807) is 23.1 Å². The van der Waals surface area contributed by atoms with Gasteiger partial charge in [-0.25, -0.2) is 4.79 Å². The Kier molecular flexibility index (Phi) is 11.1. The van der Waals surface area contributed by atoms with E-state index in [4.69, 9.17) is 14.2 Å². The molecule has 2 aliphatic heterocycles. The van der Waals surface area contributed by atoms with Crippen molar-refractivity contribution in [2.75, 3.05) is 30.4 Å². The third-order valence-electron chi connectivity index (χ3n) is 9.22. The summed E-state index contributed by atoms with van der Waals surface area (Å²) in [6.45, 7) is 8.91. The van der Waals surface area contributed by atoms with Gasteiger partial charge in [0.05, 0.1) is 6.61 Å². The molecule has 3 aromatic rings. The zero-order chi connectivity index (χ0) is 32.6. The molecule has 246 valence electrons. The first-order chi connectivity index (χ1) is 22.3. The molecule has 0 aliphatic carbocycles. The van der Waals surface area contributed by atoms with Crippen LogP contribution in [0.5, 0.6) is 23.0 Å².